The molecule has 2 heterocycles. The van der Waals surface area contributed by atoms with E-state index in [0.29, 0.717) is 22.7 Å². The Kier molecular flexibility index (Phi) is 6.84. The molecule has 1 N–H and O–H groups in total. The fourth-order valence-corrected chi connectivity index (χ4v) is 3.88. The van der Waals surface area contributed by atoms with Crippen molar-refractivity contribution < 1.29 is 14.3 Å². The highest BCUT2D eigenvalue weighted by molar-refractivity contribution is 6.04. The van der Waals surface area contributed by atoms with Gasteiger partial charge in [-0.2, -0.15) is 0 Å². The minimum atomic E-state index is -0.231. The lowest BCUT2D eigenvalue weighted by Gasteiger charge is -2.20. The molecule has 7 heteroatoms. The molecule has 0 saturated carbocycles. The van der Waals surface area contributed by atoms with Crippen LogP contribution in [-0.2, 0) is 0 Å². The SMILES string of the molecule is COc1ccc(C(=O)Nc2cccc(-c3ccc(N4CCCCCC4)nn3)c2)cc1OC. The van der Waals surface area contributed by atoms with E-state index in [-0.39, 0.29) is 5.91 Å². The third-order valence-electron chi connectivity index (χ3n) is 5.64. The van der Waals surface area contributed by atoms with Crippen LogP contribution in [0.5, 0.6) is 11.5 Å². The van der Waals surface area contributed by atoms with E-state index >= 15 is 0 Å². The van der Waals surface area contributed by atoms with E-state index in [0.717, 1.165) is 30.2 Å². The zero-order valence-electron chi connectivity index (χ0n) is 18.5. The molecule has 1 saturated heterocycles. The number of rotatable bonds is 6. The first-order valence-electron chi connectivity index (χ1n) is 10.9. The van der Waals surface area contributed by atoms with E-state index in [1.54, 1.807) is 32.4 Å². The maximum absolute atomic E-state index is 12.7. The predicted molar refractivity (Wildman–Crippen MR) is 126 cm³/mol. The maximum Gasteiger partial charge on any atom is 0.255 e. The van der Waals surface area contributed by atoms with E-state index in [2.05, 4.69) is 20.4 Å². The van der Waals surface area contributed by atoms with E-state index in [9.17, 15) is 4.79 Å². The average molecular weight is 433 g/mol. The van der Waals surface area contributed by atoms with Crippen molar-refractivity contribution in [2.75, 3.05) is 37.5 Å². The zero-order chi connectivity index (χ0) is 22.3. The zero-order valence-corrected chi connectivity index (χ0v) is 18.5. The molecule has 0 spiro atoms. The Balaban J connectivity index is 1.48. The molecule has 0 atom stereocenters. The molecule has 166 valence electrons. The van der Waals surface area contributed by atoms with Gasteiger partial charge in [-0.25, -0.2) is 0 Å². The van der Waals surface area contributed by atoms with Crippen LogP contribution in [0, 0.1) is 0 Å². The summed E-state index contributed by atoms with van der Waals surface area (Å²) in [7, 11) is 3.11. The summed E-state index contributed by atoms with van der Waals surface area (Å²) in [6, 6.07) is 16.7. The molecule has 32 heavy (non-hydrogen) atoms. The molecular weight excluding hydrogens is 404 g/mol. The van der Waals surface area contributed by atoms with Gasteiger partial charge in [-0.05, 0) is 55.3 Å². The molecule has 0 bridgehead atoms. The van der Waals surface area contributed by atoms with Gasteiger partial charge in [0.1, 0.15) is 0 Å². The lowest BCUT2D eigenvalue weighted by Crippen LogP contribution is -2.25. The molecule has 1 aliphatic rings. The van der Waals surface area contributed by atoms with Crippen molar-refractivity contribution in [3.63, 3.8) is 0 Å². The number of methoxy groups -OCH3 is 2. The van der Waals surface area contributed by atoms with Crippen LogP contribution in [0.2, 0.25) is 0 Å². The average Bonchev–Trinajstić information content (AvgIpc) is 3.13. The highest BCUT2D eigenvalue weighted by Gasteiger charge is 2.13. The van der Waals surface area contributed by atoms with Gasteiger partial charge in [-0.3, -0.25) is 4.79 Å². The lowest BCUT2D eigenvalue weighted by molar-refractivity contribution is 0.102. The summed E-state index contributed by atoms with van der Waals surface area (Å²) < 4.78 is 10.5. The fourth-order valence-electron chi connectivity index (χ4n) is 3.88. The number of carbonyl (C=O) groups is 1. The number of benzene rings is 2. The van der Waals surface area contributed by atoms with Crippen molar-refractivity contribution in [1.82, 2.24) is 10.2 Å². The molecule has 4 rings (SSSR count). The Morgan fingerprint density at radius 1 is 0.875 bits per heavy atom. The van der Waals surface area contributed by atoms with Crippen LogP contribution in [0.4, 0.5) is 11.5 Å². The van der Waals surface area contributed by atoms with Crippen LogP contribution in [-0.4, -0.2) is 43.4 Å². The second-order valence-electron chi connectivity index (χ2n) is 7.78. The topological polar surface area (TPSA) is 76.6 Å². The van der Waals surface area contributed by atoms with Gasteiger partial charge in [0.05, 0.1) is 19.9 Å². The predicted octanol–water partition coefficient (Wildman–Crippen LogP) is 4.79. The number of nitrogens with one attached hydrogen (secondary N) is 1. The Bertz CT molecular complexity index is 1060. The number of amides is 1. The molecule has 0 unspecified atom stereocenters. The smallest absolute Gasteiger partial charge is 0.255 e. The Hall–Kier alpha value is -3.61. The highest BCUT2D eigenvalue weighted by atomic mass is 16.5. The second-order valence-corrected chi connectivity index (χ2v) is 7.78. The van der Waals surface area contributed by atoms with E-state index in [4.69, 9.17) is 9.47 Å². The van der Waals surface area contributed by atoms with Crippen molar-refractivity contribution in [3.05, 3.63) is 60.2 Å². The summed E-state index contributed by atoms with van der Waals surface area (Å²) in [5.41, 5.74) is 2.83. The van der Waals surface area contributed by atoms with Gasteiger partial charge in [0, 0.05) is 29.9 Å². The van der Waals surface area contributed by atoms with Crippen molar-refractivity contribution >= 4 is 17.4 Å². The lowest BCUT2D eigenvalue weighted by atomic mass is 10.1. The Morgan fingerprint density at radius 3 is 2.34 bits per heavy atom. The van der Waals surface area contributed by atoms with Gasteiger partial charge in [0.15, 0.2) is 17.3 Å². The van der Waals surface area contributed by atoms with Crippen LogP contribution in [0.15, 0.2) is 54.6 Å². The molecule has 7 nitrogen and oxygen atoms in total. The molecule has 1 aliphatic heterocycles. The largest absolute Gasteiger partial charge is 0.493 e. The first-order chi connectivity index (χ1) is 15.7. The standard InChI is InChI=1S/C25H28N4O3/c1-31-22-12-10-19(17-23(22)32-2)25(30)26-20-9-7-8-18(16-20)21-11-13-24(28-27-21)29-14-5-3-4-6-15-29/h7-13,16-17H,3-6,14-15H2,1-2H3,(H,26,30). The molecule has 2 aromatic carbocycles. The molecule has 3 aromatic rings. The molecule has 0 radical (unpaired) electrons. The fraction of sp³-hybridized carbons (Fsp3) is 0.320. The number of aromatic nitrogens is 2. The molecular formula is C25H28N4O3. The van der Waals surface area contributed by atoms with Crippen LogP contribution in [0.25, 0.3) is 11.3 Å². The Morgan fingerprint density at radius 2 is 1.66 bits per heavy atom. The molecule has 0 aliphatic carbocycles. The van der Waals surface area contributed by atoms with Gasteiger partial charge in [-0.15, -0.1) is 10.2 Å². The van der Waals surface area contributed by atoms with Crippen molar-refractivity contribution in [2.45, 2.75) is 25.7 Å². The van der Waals surface area contributed by atoms with Crippen LogP contribution >= 0.6 is 0 Å². The number of nitrogens with zero attached hydrogens (tertiary/aromatic N) is 3. The first kappa shape index (κ1) is 21.6. The molecule has 1 fully saturated rings. The third kappa shape index (κ3) is 4.99. The van der Waals surface area contributed by atoms with Crippen LogP contribution in [0.1, 0.15) is 36.0 Å². The van der Waals surface area contributed by atoms with Crippen LogP contribution in [0.3, 0.4) is 0 Å². The number of ether oxygens (including phenoxy) is 2. The number of hydrogen-bond acceptors (Lipinski definition) is 6. The van der Waals surface area contributed by atoms with Crippen molar-refractivity contribution in [1.29, 1.82) is 0 Å². The van der Waals surface area contributed by atoms with Gasteiger partial charge >= 0.3 is 0 Å². The van der Waals surface area contributed by atoms with E-state index < -0.39 is 0 Å². The van der Waals surface area contributed by atoms with Crippen molar-refractivity contribution in [3.8, 4) is 22.8 Å². The van der Waals surface area contributed by atoms with Crippen molar-refractivity contribution in [2.24, 2.45) is 0 Å². The normalized spacial score (nSPS) is 13.9. The summed E-state index contributed by atoms with van der Waals surface area (Å²) in [5.74, 6) is 1.78. The van der Waals surface area contributed by atoms with E-state index in [1.807, 2.05) is 36.4 Å². The van der Waals surface area contributed by atoms with Gasteiger partial charge in [-0.1, -0.05) is 25.0 Å². The number of anilines is 2. The third-order valence-corrected chi connectivity index (χ3v) is 5.64. The number of carbonyl (C=O) groups excluding carboxylic acids is 1. The van der Waals surface area contributed by atoms with E-state index in [1.165, 1.54) is 25.7 Å². The highest BCUT2D eigenvalue weighted by Crippen LogP contribution is 2.28. The summed E-state index contributed by atoms with van der Waals surface area (Å²) in [4.78, 5) is 15.0. The second kappa shape index (κ2) is 10.1. The Labute approximate surface area is 188 Å². The summed E-state index contributed by atoms with van der Waals surface area (Å²) in [6.45, 7) is 2.07. The van der Waals surface area contributed by atoms with Gasteiger partial charge in [0.25, 0.3) is 5.91 Å². The van der Waals surface area contributed by atoms with Gasteiger partial charge in [0.2, 0.25) is 0 Å². The maximum atomic E-state index is 12.7. The van der Waals surface area contributed by atoms with Gasteiger partial charge < -0.3 is 19.7 Å². The molecule has 1 aromatic heterocycles. The molecule has 1 amide bonds. The monoisotopic (exact) mass is 432 g/mol. The van der Waals surface area contributed by atoms with Crippen LogP contribution < -0.4 is 19.7 Å². The number of hydrogen-bond donors (Lipinski definition) is 1. The summed E-state index contributed by atoms with van der Waals surface area (Å²) in [5, 5.41) is 11.8. The minimum absolute atomic E-state index is 0.231. The first-order valence-corrected chi connectivity index (χ1v) is 10.9. The summed E-state index contributed by atoms with van der Waals surface area (Å²) in [6.07, 6.45) is 4.96. The summed E-state index contributed by atoms with van der Waals surface area (Å²) >= 11 is 0. The quantitative estimate of drug-likeness (QED) is 0.603. The minimum Gasteiger partial charge on any atom is -0.493 e.